The summed E-state index contributed by atoms with van der Waals surface area (Å²) in [5.41, 5.74) is 6.77. The molecular weight excluding hydrogens is 460 g/mol. The van der Waals surface area contributed by atoms with E-state index >= 15 is 0 Å². The number of allylic oxidation sites excluding steroid dienone is 1. The maximum Gasteiger partial charge on any atom is 0.189 e. The largest absolute Gasteiger partial charge is 0.495 e. The molecule has 1 aliphatic carbocycles. The summed E-state index contributed by atoms with van der Waals surface area (Å²) in [5.74, 6) is 0.517. The number of nitrogens with zero attached hydrogens (tertiary/aromatic N) is 4. The zero-order valence-electron chi connectivity index (χ0n) is 18.8. The highest BCUT2D eigenvalue weighted by molar-refractivity contribution is 6.32. The molecule has 1 aliphatic rings. The molecule has 6 rings (SSSR count). The van der Waals surface area contributed by atoms with Crippen molar-refractivity contribution in [2.75, 3.05) is 7.11 Å². The summed E-state index contributed by atoms with van der Waals surface area (Å²) >= 11 is 6.24. The first-order chi connectivity index (χ1) is 17.1. The fraction of sp³-hybridized carbons (Fsp3) is 0.0714. The quantitative estimate of drug-likeness (QED) is 0.298. The number of fused-ring (bicyclic) bond motifs is 2. The van der Waals surface area contributed by atoms with Crippen molar-refractivity contribution in [1.82, 2.24) is 20.0 Å². The number of halogens is 1. The van der Waals surface area contributed by atoms with E-state index in [0.29, 0.717) is 22.8 Å². The summed E-state index contributed by atoms with van der Waals surface area (Å²) < 4.78 is 7.03. The predicted octanol–water partition coefficient (Wildman–Crippen LogP) is 5.97. The van der Waals surface area contributed by atoms with Crippen LogP contribution in [0.4, 0.5) is 0 Å². The van der Waals surface area contributed by atoms with Gasteiger partial charge in [0.05, 0.1) is 29.5 Å². The van der Waals surface area contributed by atoms with Crippen LogP contribution < -0.4 is 4.74 Å². The summed E-state index contributed by atoms with van der Waals surface area (Å²) in [5, 5.41) is 10.2. The highest BCUT2D eigenvalue weighted by Crippen LogP contribution is 2.35. The van der Waals surface area contributed by atoms with Crippen molar-refractivity contribution in [3.05, 3.63) is 106 Å². The molecule has 170 valence electrons. The first kappa shape index (κ1) is 21.3. The number of ether oxygens (including phenoxy) is 1. The van der Waals surface area contributed by atoms with Crippen LogP contribution in [0.5, 0.6) is 5.75 Å². The second-order valence-electron chi connectivity index (χ2n) is 8.34. The fourth-order valence-corrected chi connectivity index (χ4v) is 4.69. The first-order valence-electron chi connectivity index (χ1n) is 11.1. The average Bonchev–Trinajstić information content (AvgIpc) is 3.49. The van der Waals surface area contributed by atoms with Gasteiger partial charge >= 0.3 is 0 Å². The zero-order chi connectivity index (χ0) is 23.9. The number of methoxy groups -OCH3 is 1. The smallest absolute Gasteiger partial charge is 0.189 e. The Morgan fingerprint density at radius 1 is 1.06 bits per heavy atom. The van der Waals surface area contributed by atoms with E-state index in [1.54, 1.807) is 24.1 Å². The molecule has 2 heterocycles. The highest BCUT2D eigenvalue weighted by atomic mass is 35.5. The Balaban J connectivity index is 1.26. The number of benzene rings is 3. The number of Topliss-reactive ketones (excluding diaryl/α,β-unsaturated/α-hetero) is 1. The van der Waals surface area contributed by atoms with Gasteiger partial charge in [-0.3, -0.25) is 9.78 Å². The topological polar surface area (TPSA) is 69.9 Å². The molecular formula is C28H19ClN4O2. The van der Waals surface area contributed by atoms with Gasteiger partial charge in [0.2, 0.25) is 0 Å². The molecule has 35 heavy (non-hydrogen) atoms. The van der Waals surface area contributed by atoms with E-state index in [9.17, 15) is 4.79 Å². The summed E-state index contributed by atoms with van der Waals surface area (Å²) in [6.45, 7) is 0. The van der Waals surface area contributed by atoms with Gasteiger partial charge in [-0.2, -0.15) is 0 Å². The van der Waals surface area contributed by atoms with E-state index in [2.05, 4.69) is 15.3 Å². The molecule has 0 unspecified atom stereocenters. The van der Waals surface area contributed by atoms with Gasteiger partial charge in [0.25, 0.3) is 0 Å². The van der Waals surface area contributed by atoms with E-state index in [0.717, 1.165) is 44.5 Å². The third-order valence-electron chi connectivity index (χ3n) is 6.21. The lowest BCUT2D eigenvalue weighted by molar-refractivity contribution is 0.104. The Morgan fingerprint density at radius 3 is 2.71 bits per heavy atom. The van der Waals surface area contributed by atoms with Gasteiger partial charge in [0.1, 0.15) is 11.4 Å². The monoisotopic (exact) mass is 478 g/mol. The lowest BCUT2D eigenvalue weighted by atomic mass is 10.1. The maximum atomic E-state index is 12.9. The van der Waals surface area contributed by atoms with Crippen LogP contribution >= 0.6 is 11.6 Å². The highest BCUT2D eigenvalue weighted by Gasteiger charge is 2.26. The molecule has 0 aliphatic heterocycles. The van der Waals surface area contributed by atoms with Gasteiger partial charge in [-0.25, -0.2) is 4.68 Å². The van der Waals surface area contributed by atoms with Crippen LogP contribution in [0.3, 0.4) is 0 Å². The Bertz CT molecular complexity index is 1630. The predicted molar refractivity (Wildman–Crippen MR) is 136 cm³/mol. The number of carbonyl (C=O) groups is 1. The van der Waals surface area contributed by atoms with E-state index in [4.69, 9.17) is 16.3 Å². The molecule has 5 aromatic rings. The van der Waals surface area contributed by atoms with Gasteiger partial charge in [-0.15, -0.1) is 5.10 Å². The van der Waals surface area contributed by atoms with Crippen molar-refractivity contribution in [2.45, 2.75) is 6.42 Å². The van der Waals surface area contributed by atoms with Crippen LogP contribution in [0.25, 0.3) is 33.9 Å². The average molecular weight is 479 g/mol. The molecule has 0 spiro atoms. The molecule has 0 bridgehead atoms. The molecule has 0 amide bonds. The molecule has 7 heteroatoms. The number of para-hydroxylation sites is 1. The summed E-state index contributed by atoms with van der Waals surface area (Å²) in [6, 6.07) is 21.3. The van der Waals surface area contributed by atoms with Crippen LogP contribution in [-0.2, 0) is 6.42 Å². The molecule has 0 fully saturated rings. The van der Waals surface area contributed by atoms with Crippen LogP contribution in [0.15, 0.2) is 84.7 Å². The second kappa shape index (κ2) is 8.49. The van der Waals surface area contributed by atoms with Crippen molar-refractivity contribution in [3.8, 4) is 22.7 Å². The maximum absolute atomic E-state index is 12.9. The number of hydrogen-bond donors (Lipinski definition) is 0. The lowest BCUT2D eigenvalue weighted by Crippen LogP contribution is -1.96. The Kier molecular flexibility index (Phi) is 5.16. The normalized spacial score (nSPS) is 14.0. The number of carbonyl (C=O) groups excluding carboxylic acids is 1. The Morgan fingerprint density at radius 2 is 1.89 bits per heavy atom. The lowest BCUT2D eigenvalue weighted by Gasteiger charge is -2.04. The number of pyridine rings is 1. The summed E-state index contributed by atoms with van der Waals surface area (Å²) in [6.07, 6.45) is 6.15. The van der Waals surface area contributed by atoms with Crippen LogP contribution in [-0.4, -0.2) is 32.9 Å². The number of ketones is 1. The van der Waals surface area contributed by atoms with E-state index in [-0.39, 0.29) is 5.78 Å². The Hall–Kier alpha value is -4.29. The standard InChI is InChI=1S/C28H19ClN4O2/c1-35-27-15-22-19(14-23(27)29)13-20(28(22)34)12-17-6-8-18(9-7-17)25-16-33(32-31-25)26-10-11-30-24-5-3-2-4-21(24)26/h2-12,14-16H,13H2,1H3/b20-12+. The zero-order valence-corrected chi connectivity index (χ0v) is 19.5. The van der Waals surface area contributed by atoms with Crippen molar-refractivity contribution < 1.29 is 9.53 Å². The van der Waals surface area contributed by atoms with Crippen LogP contribution in [0, 0.1) is 0 Å². The van der Waals surface area contributed by atoms with Gasteiger partial charge in [-0.1, -0.05) is 59.3 Å². The molecule has 6 nitrogen and oxygen atoms in total. The summed E-state index contributed by atoms with van der Waals surface area (Å²) in [4.78, 5) is 17.3. The summed E-state index contributed by atoms with van der Waals surface area (Å²) in [7, 11) is 1.54. The van der Waals surface area contributed by atoms with Crippen LogP contribution in [0.1, 0.15) is 21.5 Å². The van der Waals surface area contributed by atoms with Crippen molar-refractivity contribution in [1.29, 1.82) is 0 Å². The third-order valence-corrected chi connectivity index (χ3v) is 6.50. The minimum absolute atomic E-state index is 0.00608. The van der Waals surface area contributed by atoms with Gasteiger partial charge < -0.3 is 4.74 Å². The number of rotatable bonds is 4. The molecule has 0 atom stereocenters. The van der Waals surface area contributed by atoms with Gasteiger partial charge in [-0.05, 0) is 41.5 Å². The molecule has 3 aromatic carbocycles. The van der Waals surface area contributed by atoms with Crippen molar-refractivity contribution in [2.24, 2.45) is 0 Å². The van der Waals surface area contributed by atoms with Gasteiger partial charge in [0.15, 0.2) is 5.78 Å². The molecule has 0 N–H and O–H groups in total. The van der Waals surface area contributed by atoms with Crippen molar-refractivity contribution >= 4 is 34.4 Å². The van der Waals surface area contributed by atoms with E-state index in [1.165, 1.54) is 0 Å². The molecule has 0 saturated carbocycles. The second-order valence-corrected chi connectivity index (χ2v) is 8.74. The number of aromatic nitrogens is 4. The third kappa shape index (κ3) is 3.78. The SMILES string of the molecule is COc1cc2c(cc1Cl)C/C(=C\c1ccc(-c3cn(-c4ccnc5ccccc45)nn3)cc1)C2=O. The molecule has 2 aromatic heterocycles. The molecule has 0 saturated heterocycles. The van der Waals surface area contributed by atoms with Gasteiger partial charge in [0, 0.05) is 34.7 Å². The van der Waals surface area contributed by atoms with E-state index < -0.39 is 0 Å². The number of hydrogen-bond acceptors (Lipinski definition) is 5. The first-order valence-corrected chi connectivity index (χ1v) is 11.5. The van der Waals surface area contributed by atoms with Crippen molar-refractivity contribution in [3.63, 3.8) is 0 Å². The van der Waals surface area contributed by atoms with Crippen LogP contribution in [0.2, 0.25) is 5.02 Å². The van der Waals surface area contributed by atoms with E-state index in [1.807, 2.05) is 72.9 Å². The molecule has 0 radical (unpaired) electrons. The fourth-order valence-electron chi connectivity index (χ4n) is 4.43. The Labute approximate surface area is 206 Å². The minimum Gasteiger partial charge on any atom is -0.495 e. The minimum atomic E-state index is 0.00608.